The smallest absolute Gasteiger partial charge is 0.309 e. The minimum Gasteiger partial charge on any atom is -0.465 e. The molecule has 116 valence electrons. The lowest BCUT2D eigenvalue weighted by Crippen LogP contribution is -2.29. The van der Waals surface area contributed by atoms with Crippen molar-refractivity contribution in [1.82, 2.24) is 0 Å². The van der Waals surface area contributed by atoms with Crippen LogP contribution in [0.15, 0.2) is 0 Å². The maximum absolute atomic E-state index is 12.4. The first kappa shape index (κ1) is 15.9. The molecule has 0 saturated heterocycles. The minimum atomic E-state index is 0.0395. The summed E-state index contributed by atoms with van der Waals surface area (Å²) in [5.74, 6) is 2.88. The van der Waals surface area contributed by atoms with Crippen molar-refractivity contribution in [2.75, 3.05) is 6.61 Å². The highest BCUT2D eigenvalue weighted by Crippen LogP contribution is 2.48. The molecule has 2 fully saturated rings. The van der Waals surface area contributed by atoms with Gasteiger partial charge in [0.05, 0.1) is 12.5 Å². The minimum absolute atomic E-state index is 0.0395. The van der Waals surface area contributed by atoms with Crippen LogP contribution in [-0.4, -0.2) is 12.6 Å². The molecular formula is C18H32O2. The Hall–Kier alpha value is -0.530. The van der Waals surface area contributed by atoms with E-state index < -0.39 is 0 Å². The molecule has 0 aliphatic heterocycles. The van der Waals surface area contributed by atoms with Gasteiger partial charge in [0.2, 0.25) is 0 Å². The van der Waals surface area contributed by atoms with Gasteiger partial charge in [-0.2, -0.15) is 0 Å². The summed E-state index contributed by atoms with van der Waals surface area (Å²) in [4.78, 5) is 12.4. The van der Waals surface area contributed by atoms with Crippen LogP contribution in [0.1, 0.15) is 66.7 Å². The van der Waals surface area contributed by atoms with Crippen molar-refractivity contribution in [2.24, 2.45) is 35.0 Å². The van der Waals surface area contributed by atoms with Crippen molar-refractivity contribution < 1.29 is 9.53 Å². The molecule has 2 heteroatoms. The average Bonchev–Trinajstić information content (AvgIpc) is 2.93. The van der Waals surface area contributed by atoms with Crippen LogP contribution in [0.4, 0.5) is 0 Å². The Balaban J connectivity index is 1.82. The molecule has 0 aromatic rings. The van der Waals surface area contributed by atoms with Crippen molar-refractivity contribution in [3.05, 3.63) is 0 Å². The van der Waals surface area contributed by atoms with Gasteiger partial charge in [-0.25, -0.2) is 0 Å². The Morgan fingerprint density at radius 3 is 2.35 bits per heavy atom. The summed E-state index contributed by atoms with van der Waals surface area (Å²) in [6.45, 7) is 11.5. The molecule has 0 aromatic heterocycles. The normalized spacial score (nSPS) is 30.8. The zero-order chi connectivity index (χ0) is 14.9. The van der Waals surface area contributed by atoms with Crippen LogP contribution < -0.4 is 0 Å². The van der Waals surface area contributed by atoms with E-state index in [4.69, 9.17) is 4.74 Å². The second-order valence-corrected chi connectivity index (χ2v) is 8.68. The summed E-state index contributed by atoms with van der Waals surface area (Å²) in [7, 11) is 0. The van der Waals surface area contributed by atoms with Gasteiger partial charge in [0.15, 0.2) is 0 Å². The van der Waals surface area contributed by atoms with E-state index in [-0.39, 0.29) is 17.3 Å². The van der Waals surface area contributed by atoms with E-state index in [1.807, 2.05) is 0 Å². The van der Waals surface area contributed by atoms with E-state index in [9.17, 15) is 4.79 Å². The highest BCUT2D eigenvalue weighted by Gasteiger charge is 2.40. The molecule has 0 spiro atoms. The van der Waals surface area contributed by atoms with Crippen molar-refractivity contribution in [1.29, 1.82) is 0 Å². The van der Waals surface area contributed by atoms with E-state index in [0.29, 0.717) is 18.4 Å². The van der Waals surface area contributed by atoms with E-state index in [0.717, 1.165) is 18.3 Å². The molecule has 2 rings (SSSR count). The summed E-state index contributed by atoms with van der Waals surface area (Å²) >= 11 is 0. The van der Waals surface area contributed by atoms with Gasteiger partial charge in [-0.05, 0) is 54.8 Å². The Bertz CT molecular complexity index is 340. The SMILES string of the molecule is CC(C)C(CC(C)(C)C)C(=O)OCC1CC2CCC1C2. The number of rotatable bonds is 5. The predicted molar refractivity (Wildman–Crippen MR) is 82.3 cm³/mol. The molecule has 0 amide bonds. The maximum Gasteiger partial charge on any atom is 0.309 e. The Kier molecular flexibility index (Phi) is 4.81. The summed E-state index contributed by atoms with van der Waals surface area (Å²) in [6.07, 6.45) is 6.37. The fraction of sp³-hybridized carbons (Fsp3) is 0.944. The fourth-order valence-electron chi connectivity index (χ4n) is 4.13. The molecule has 2 bridgehead atoms. The Labute approximate surface area is 124 Å². The monoisotopic (exact) mass is 280 g/mol. The second-order valence-electron chi connectivity index (χ2n) is 8.68. The number of fused-ring (bicyclic) bond motifs is 2. The third-order valence-corrected chi connectivity index (χ3v) is 5.26. The van der Waals surface area contributed by atoms with Gasteiger partial charge in [-0.1, -0.05) is 41.0 Å². The summed E-state index contributed by atoms with van der Waals surface area (Å²) in [5, 5.41) is 0. The van der Waals surface area contributed by atoms with Crippen LogP contribution in [0, 0.1) is 35.0 Å². The number of carbonyl (C=O) groups is 1. The summed E-state index contributed by atoms with van der Waals surface area (Å²) in [6, 6.07) is 0. The number of carbonyl (C=O) groups excluding carboxylic acids is 1. The number of hydrogen-bond donors (Lipinski definition) is 0. The number of ether oxygens (including phenoxy) is 1. The molecule has 2 aliphatic carbocycles. The lowest BCUT2D eigenvalue weighted by atomic mass is 9.79. The van der Waals surface area contributed by atoms with Crippen LogP contribution in [0.2, 0.25) is 0 Å². The molecule has 0 heterocycles. The molecule has 4 atom stereocenters. The first-order valence-corrected chi connectivity index (χ1v) is 8.43. The van der Waals surface area contributed by atoms with Crippen LogP contribution in [0.3, 0.4) is 0 Å². The predicted octanol–water partition coefficient (Wildman–Crippen LogP) is 4.67. The Morgan fingerprint density at radius 1 is 1.20 bits per heavy atom. The molecule has 0 aromatic carbocycles. The number of esters is 1. The van der Waals surface area contributed by atoms with E-state index in [2.05, 4.69) is 34.6 Å². The highest BCUT2D eigenvalue weighted by molar-refractivity contribution is 5.72. The quantitative estimate of drug-likeness (QED) is 0.684. The summed E-state index contributed by atoms with van der Waals surface area (Å²) in [5.41, 5.74) is 0.181. The van der Waals surface area contributed by atoms with E-state index in [1.54, 1.807) is 0 Å². The van der Waals surface area contributed by atoms with Gasteiger partial charge in [-0.3, -0.25) is 4.79 Å². The topological polar surface area (TPSA) is 26.3 Å². The van der Waals surface area contributed by atoms with E-state index >= 15 is 0 Å². The first-order chi connectivity index (χ1) is 9.26. The lowest BCUT2D eigenvalue weighted by Gasteiger charge is -2.28. The average molecular weight is 280 g/mol. The third-order valence-electron chi connectivity index (χ3n) is 5.26. The maximum atomic E-state index is 12.4. The van der Waals surface area contributed by atoms with Crippen LogP contribution in [0.5, 0.6) is 0 Å². The van der Waals surface area contributed by atoms with Gasteiger partial charge in [0, 0.05) is 0 Å². The van der Waals surface area contributed by atoms with E-state index in [1.165, 1.54) is 25.7 Å². The molecule has 0 N–H and O–H groups in total. The van der Waals surface area contributed by atoms with Crippen molar-refractivity contribution in [2.45, 2.75) is 66.7 Å². The largest absolute Gasteiger partial charge is 0.465 e. The molecule has 2 aliphatic rings. The van der Waals surface area contributed by atoms with Crippen molar-refractivity contribution in [3.8, 4) is 0 Å². The second kappa shape index (κ2) is 6.07. The van der Waals surface area contributed by atoms with Crippen LogP contribution in [0.25, 0.3) is 0 Å². The van der Waals surface area contributed by atoms with Gasteiger partial charge < -0.3 is 4.74 Å². The van der Waals surface area contributed by atoms with Crippen molar-refractivity contribution in [3.63, 3.8) is 0 Å². The van der Waals surface area contributed by atoms with Crippen LogP contribution >= 0.6 is 0 Å². The zero-order valence-electron chi connectivity index (χ0n) is 13.9. The molecule has 4 unspecified atom stereocenters. The van der Waals surface area contributed by atoms with Gasteiger partial charge >= 0.3 is 5.97 Å². The lowest BCUT2D eigenvalue weighted by molar-refractivity contribution is -0.153. The fourth-order valence-corrected chi connectivity index (χ4v) is 4.13. The summed E-state index contributed by atoms with van der Waals surface area (Å²) < 4.78 is 5.71. The van der Waals surface area contributed by atoms with Gasteiger partial charge in [0.25, 0.3) is 0 Å². The third kappa shape index (κ3) is 3.99. The molecule has 2 nitrogen and oxygen atoms in total. The number of hydrogen-bond acceptors (Lipinski definition) is 2. The molecule has 20 heavy (non-hydrogen) atoms. The molecular weight excluding hydrogens is 248 g/mol. The van der Waals surface area contributed by atoms with Crippen molar-refractivity contribution >= 4 is 5.97 Å². The van der Waals surface area contributed by atoms with Gasteiger partial charge in [-0.15, -0.1) is 0 Å². The first-order valence-electron chi connectivity index (χ1n) is 8.43. The molecule has 2 saturated carbocycles. The Morgan fingerprint density at radius 2 is 1.90 bits per heavy atom. The van der Waals surface area contributed by atoms with Gasteiger partial charge in [0.1, 0.15) is 0 Å². The highest BCUT2D eigenvalue weighted by atomic mass is 16.5. The standard InChI is InChI=1S/C18H32O2/c1-12(2)16(10-18(3,4)5)17(19)20-11-15-9-13-6-7-14(15)8-13/h12-16H,6-11H2,1-5H3. The molecule has 0 radical (unpaired) electrons. The zero-order valence-corrected chi connectivity index (χ0v) is 13.9. The van der Waals surface area contributed by atoms with Crippen LogP contribution in [-0.2, 0) is 9.53 Å².